The fourth-order valence-electron chi connectivity index (χ4n) is 2.15. The molecule has 0 bridgehead atoms. The predicted octanol–water partition coefficient (Wildman–Crippen LogP) is 3.87. The lowest BCUT2D eigenvalue weighted by atomic mass is 10.0. The highest BCUT2D eigenvalue weighted by Crippen LogP contribution is 2.34. The van der Waals surface area contributed by atoms with E-state index in [4.69, 9.17) is 9.47 Å². The molecule has 0 amide bonds. The second-order valence-corrected chi connectivity index (χ2v) is 5.29. The predicted molar refractivity (Wildman–Crippen MR) is 80.2 cm³/mol. The first kappa shape index (κ1) is 13.7. The van der Waals surface area contributed by atoms with E-state index in [0.717, 1.165) is 23.5 Å². The lowest BCUT2D eigenvalue weighted by Crippen LogP contribution is -2.02. The molecule has 0 aromatic heterocycles. The van der Waals surface area contributed by atoms with E-state index in [1.54, 1.807) is 6.07 Å². The van der Waals surface area contributed by atoms with Crippen molar-refractivity contribution in [2.75, 3.05) is 6.61 Å². The highest BCUT2D eigenvalue weighted by Gasteiger charge is 2.22. The smallest absolute Gasteiger partial charge is 0.308 e. The van der Waals surface area contributed by atoms with E-state index in [1.165, 1.54) is 19.8 Å². The van der Waals surface area contributed by atoms with Crippen LogP contribution in [0.5, 0.6) is 11.5 Å². The highest BCUT2D eigenvalue weighted by atomic mass is 16.5. The summed E-state index contributed by atoms with van der Waals surface area (Å²) in [6, 6.07) is 16.4. The Hall–Kier alpha value is -2.29. The van der Waals surface area contributed by atoms with Crippen molar-refractivity contribution in [3.05, 3.63) is 48.5 Å². The quantitative estimate of drug-likeness (QED) is 0.616. The van der Waals surface area contributed by atoms with Crippen LogP contribution in [0.15, 0.2) is 42.5 Å². The lowest BCUT2D eigenvalue weighted by Gasteiger charge is -2.11. The summed E-state index contributed by atoms with van der Waals surface area (Å²) in [4.78, 5) is 11.1. The van der Waals surface area contributed by atoms with E-state index < -0.39 is 0 Å². The third kappa shape index (κ3) is 3.63. The van der Waals surface area contributed by atoms with Crippen molar-refractivity contribution in [1.82, 2.24) is 0 Å². The Kier molecular flexibility index (Phi) is 3.91. The van der Waals surface area contributed by atoms with Crippen molar-refractivity contribution in [1.29, 1.82) is 0 Å². The number of carbonyl (C=O) groups excluding carboxylic acids is 1. The van der Waals surface area contributed by atoms with Gasteiger partial charge in [0.2, 0.25) is 0 Å². The van der Waals surface area contributed by atoms with Crippen LogP contribution in [0.2, 0.25) is 0 Å². The van der Waals surface area contributed by atoms with Crippen LogP contribution in [0.3, 0.4) is 0 Å². The maximum atomic E-state index is 11.1. The summed E-state index contributed by atoms with van der Waals surface area (Å²) in [6.07, 6.45) is 2.51. The summed E-state index contributed by atoms with van der Waals surface area (Å²) >= 11 is 0. The van der Waals surface area contributed by atoms with Gasteiger partial charge in [-0.1, -0.05) is 30.3 Å². The minimum atomic E-state index is -0.322. The maximum absolute atomic E-state index is 11.1. The molecule has 0 atom stereocenters. The zero-order valence-electron chi connectivity index (χ0n) is 12.0. The van der Waals surface area contributed by atoms with Crippen LogP contribution in [0.4, 0.5) is 0 Å². The van der Waals surface area contributed by atoms with Crippen molar-refractivity contribution >= 4 is 5.97 Å². The summed E-state index contributed by atoms with van der Waals surface area (Å²) in [5, 5.41) is 0. The van der Waals surface area contributed by atoms with Crippen molar-refractivity contribution in [3.63, 3.8) is 0 Å². The molecule has 0 heterocycles. The number of hydrogen-bond donors (Lipinski definition) is 0. The summed E-state index contributed by atoms with van der Waals surface area (Å²) in [5.74, 6) is 1.66. The normalized spacial score (nSPS) is 13.8. The van der Waals surface area contributed by atoms with Gasteiger partial charge in [0.15, 0.2) is 0 Å². The van der Waals surface area contributed by atoms with Gasteiger partial charge in [-0.2, -0.15) is 0 Å². The van der Waals surface area contributed by atoms with Gasteiger partial charge in [-0.3, -0.25) is 4.79 Å². The van der Waals surface area contributed by atoms with E-state index in [-0.39, 0.29) is 5.97 Å². The van der Waals surface area contributed by atoms with Crippen LogP contribution in [0, 0.1) is 12.0 Å². The first-order chi connectivity index (χ1) is 10.2. The van der Waals surface area contributed by atoms with Gasteiger partial charge in [0.05, 0.1) is 6.61 Å². The molecule has 1 radical (unpaired) electrons. The molecule has 1 saturated carbocycles. The van der Waals surface area contributed by atoms with Crippen LogP contribution >= 0.6 is 0 Å². The molecule has 3 nitrogen and oxygen atoms in total. The van der Waals surface area contributed by atoms with Crippen molar-refractivity contribution in [2.24, 2.45) is 5.92 Å². The molecule has 0 spiro atoms. The molecule has 2 aromatic rings. The molecule has 0 N–H and O–H groups in total. The Morgan fingerprint density at radius 3 is 2.90 bits per heavy atom. The number of rotatable bonds is 5. The fraction of sp³-hybridized carbons (Fsp3) is 0.278. The molecule has 1 aliphatic rings. The molecule has 2 aromatic carbocycles. The molecular weight excluding hydrogens is 264 g/mol. The summed E-state index contributed by atoms with van der Waals surface area (Å²) in [7, 11) is 0. The van der Waals surface area contributed by atoms with Crippen LogP contribution in [0.25, 0.3) is 11.1 Å². The number of para-hydroxylation sites is 1. The van der Waals surface area contributed by atoms with E-state index in [0.29, 0.717) is 11.7 Å². The molecule has 107 valence electrons. The van der Waals surface area contributed by atoms with E-state index in [1.807, 2.05) is 36.4 Å². The molecule has 0 unspecified atom stereocenters. The number of hydrogen-bond acceptors (Lipinski definition) is 3. The first-order valence-corrected chi connectivity index (χ1v) is 7.15. The van der Waals surface area contributed by atoms with Gasteiger partial charge in [-0.25, -0.2) is 0 Å². The topological polar surface area (TPSA) is 35.5 Å². The standard InChI is InChI=1S/C18H17O3/c1-13(19)21-16-6-4-5-15(11-16)17-7-2-3-8-18(17)20-12-14-9-10-14/h2-7,11,14H,9-10,12H2,1H3. The molecular formula is C18H17O3. The van der Waals surface area contributed by atoms with Gasteiger partial charge in [0.1, 0.15) is 11.5 Å². The van der Waals surface area contributed by atoms with Gasteiger partial charge in [-0.15, -0.1) is 0 Å². The van der Waals surface area contributed by atoms with Crippen LogP contribution in [0.1, 0.15) is 19.8 Å². The third-order valence-electron chi connectivity index (χ3n) is 3.39. The Morgan fingerprint density at radius 1 is 1.29 bits per heavy atom. The second kappa shape index (κ2) is 6.00. The van der Waals surface area contributed by atoms with E-state index in [9.17, 15) is 4.79 Å². The van der Waals surface area contributed by atoms with Crippen LogP contribution in [-0.4, -0.2) is 12.6 Å². The van der Waals surface area contributed by atoms with Gasteiger partial charge in [0, 0.05) is 18.6 Å². The fourth-order valence-corrected chi connectivity index (χ4v) is 2.15. The lowest BCUT2D eigenvalue weighted by molar-refractivity contribution is -0.131. The third-order valence-corrected chi connectivity index (χ3v) is 3.39. The average molecular weight is 281 g/mol. The molecule has 3 rings (SSSR count). The zero-order chi connectivity index (χ0) is 14.7. The Balaban J connectivity index is 1.86. The molecule has 1 aliphatic carbocycles. The number of esters is 1. The largest absolute Gasteiger partial charge is 0.492 e. The van der Waals surface area contributed by atoms with Crippen LogP contribution < -0.4 is 9.47 Å². The van der Waals surface area contributed by atoms with Gasteiger partial charge in [-0.05, 0) is 36.5 Å². The minimum Gasteiger partial charge on any atom is -0.492 e. The molecule has 3 heteroatoms. The van der Waals surface area contributed by atoms with Crippen molar-refractivity contribution < 1.29 is 14.3 Å². The molecule has 0 saturated heterocycles. The number of benzene rings is 2. The van der Waals surface area contributed by atoms with Crippen LogP contribution in [-0.2, 0) is 4.79 Å². The monoisotopic (exact) mass is 281 g/mol. The Morgan fingerprint density at radius 2 is 2.14 bits per heavy atom. The van der Waals surface area contributed by atoms with Gasteiger partial charge in [0.25, 0.3) is 0 Å². The number of carbonyl (C=O) groups is 1. The summed E-state index contributed by atoms with van der Waals surface area (Å²) in [6.45, 7) is 2.14. The summed E-state index contributed by atoms with van der Waals surface area (Å²) < 4.78 is 11.0. The number of ether oxygens (including phenoxy) is 2. The molecule has 0 aliphatic heterocycles. The highest BCUT2D eigenvalue weighted by molar-refractivity contribution is 5.73. The first-order valence-electron chi connectivity index (χ1n) is 7.15. The van der Waals surface area contributed by atoms with Crippen molar-refractivity contribution in [2.45, 2.75) is 19.8 Å². The van der Waals surface area contributed by atoms with E-state index in [2.05, 4.69) is 6.07 Å². The average Bonchev–Trinajstić information content (AvgIpc) is 3.29. The molecule has 1 fully saturated rings. The Labute approximate surface area is 124 Å². The molecule has 21 heavy (non-hydrogen) atoms. The van der Waals surface area contributed by atoms with Gasteiger partial charge >= 0.3 is 5.97 Å². The van der Waals surface area contributed by atoms with Gasteiger partial charge < -0.3 is 9.47 Å². The minimum absolute atomic E-state index is 0.322. The zero-order valence-corrected chi connectivity index (χ0v) is 12.0. The maximum Gasteiger partial charge on any atom is 0.308 e. The second-order valence-electron chi connectivity index (χ2n) is 5.29. The van der Waals surface area contributed by atoms with E-state index >= 15 is 0 Å². The Bertz CT molecular complexity index is 644. The summed E-state index contributed by atoms with van der Waals surface area (Å²) in [5.41, 5.74) is 1.92. The van der Waals surface area contributed by atoms with Crippen molar-refractivity contribution in [3.8, 4) is 22.6 Å². The SMILES string of the molecule is CC(=O)Oc1cccc(-c2ccc[c]c2OCC2CC2)c1.